The van der Waals surface area contributed by atoms with E-state index in [2.05, 4.69) is 18.4 Å². The molecule has 4 nitrogen and oxygen atoms in total. The summed E-state index contributed by atoms with van der Waals surface area (Å²) in [5.74, 6) is 0.162. The Morgan fingerprint density at radius 3 is 1.74 bits per heavy atom. The lowest BCUT2D eigenvalue weighted by Gasteiger charge is -2.21. The SMILES string of the molecule is C=CC(=O)CCCCCCCN(CCO)CCCCCCCOCCCCCCCC. The molecule has 0 spiro atoms. The van der Waals surface area contributed by atoms with Gasteiger partial charge in [0.1, 0.15) is 0 Å². The van der Waals surface area contributed by atoms with Crippen LogP contribution < -0.4 is 0 Å². The minimum Gasteiger partial charge on any atom is -0.395 e. The topological polar surface area (TPSA) is 49.8 Å². The first kappa shape index (κ1) is 30.3. The molecule has 0 saturated carbocycles. The maximum Gasteiger partial charge on any atom is 0.155 e. The summed E-state index contributed by atoms with van der Waals surface area (Å²) >= 11 is 0. The van der Waals surface area contributed by atoms with E-state index < -0.39 is 0 Å². The summed E-state index contributed by atoms with van der Waals surface area (Å²) < 4.78 is 5.76. The van der Waals surface area contributed by atoms with Crippen molar-refractivity contribution in [3.05, 3.63) is 12.7 Å². The molecule has 4 heteroatoms. The Bertz CT molecular complexity index is 387. The third-order valence-electron chi connectivity index (χ3n) is 5.95. The molecular weight excluding hydrogens is 386 g/mol. The van der Waals surface area contributed by atoms with Crippen molar-refractivity contribution in [3.8, 4) is 0 Å². The molecule has 0 rings (SSSR count). The second kappa shape index (κ2) is 25.5. The van der Waals surface area contributed by atoms with Crippen molar-refractivity contribution in [1.29, 1.82) is 0 Å². The van der Waals surface area contributed by atoms with Gasteiger partial charge in [0.25, 0.3) is 0 Å². The predicted molar refractivity (Wildman–Crippen MR) is 134 cm³/mol. The number of nitrogens with zero attached hydrogens (tertiary/aromatic N) is 1. The first-order valence-corrected chi connectivity index (χ1v) is 13.3. The van der Waals surface area contributed by atoms with Crippen LogP contribution in [-0.4, -0.2) is 55.2 Å². The van der Waals surface area contributed by atoms with E-state index in [1.54, 1.807) is 0 Å². The summed E-state index contributed by atoms with van der Waals surface area (Å²) in [5, 5.41) is 9.30. The van der Waals surface area contributed by atoms with Gasteiger partial charge in [-0.05, 0) is 51.3 Å². The molecule has 0 bridgehead atoms. The van der Waals surface area contributed by atoms with Crippen molar-refractivity contribution in [2.24, 2.45) is 0 Å². The number of aliphatic hydroxyl groups is 1. The van der Waals surface area contributed by atoms with Gasteiger partial charge in [0.2, 0.25) is 0 Å². The number of hydrogen-bond acceptors (Lipinski definition) is 4. The van der Waals surface area contributed by atoms with Crippen LogP contribution >= 0.6 is 0 Å². The highest BCUT2D eigenvalue weighted by Crippen LogP contribution is 2.09. The molecule has 0 amide bonds. The Hall–Kier alpha value is -0.710. The lowest BCUT2D eigenvalue weighted by Crippen LogP contribution is -2.29. The Kier molecular flexibility index (Phi) is 25.0. The zero-order chi connectivity index (χ0) is 22.8. The molecule has 0 atom stereocenters. The summed E-state index contributed by atoms with van der Waals surface area (Å²) in [5.41, 5.74) is 0. The van der Waals surface area contributed by atoms with Gasteiger partial charge in [-0.25, -0.2) is 0 Å². The number of hydrogen-bond donors (Lipinski definition) is 1. The van der Waals surface area contributed by atoms with Crippen LogP contribution in [0, 0.1) is 0 Å². The van der Waals surface area contributed by atoms with E-state index in [0.29, 0.717) is 6.42 Å². The average molecular weight is 440 g/mol. The molecule has 0 unspecified atom stereocenters. The van der Waals surface area contributed by atoms with E-state index in [1.165, 1.54) is 96.0 Å². The fourth-order valence-electron chi connectivity index (χ4n) is 3.90. The minimum absolute atomic E-state index is 0.162. The zero-order valence-electron chi connectivity index (χ0n) is 20.8. The quantitative estimate of drug-likeness (QED) is 0.120. The fraction of sp³-hybridized carbons (Fsp3) is 0.889. The van der Waals surface area contributed by atoms with Gasteiger partial charge >= 0.3 is 0 Å². The summed E-state index contributed by atoms with van der Waals surface area (Å²) in [7, 11) is 0. The Morgan fingerprint density at radius 1 is 0.742 bits per heavy atom. The van der Waals surface area contributed by atoms with Gasteiger partial charge in [-0.2, -0.15) is 0 Å². The van der Waals surface area contributed by atoms with E-state index in [0.717, 1.165) is 45.7 Å². The number of unbranched alkanes of at least 4 members (excludes halogenated alkanes) is 13. The van der Waals surface area contributed by atoms with Crippen LogP contribution in [0.3, 0.4) is 0 Å². The Labute approximate surface area is 193 Å². The van der Waals surface area contributed by atoms with Gasteiger partial charge in [0.05, 0.1) is 6.61 Å². The first-order chi connectivity index (χ1) is 15.2. The molecule has 0 aromatic carbocycles. The lowest BCUT2D eigenvalue weighted by molar-refractivity contribution is -0.114. The number of carbonyl (C=O) groups excluding carboxylic acids is 1. The number of ether oxygens (including phenoxy) is 1. The molecule has 0 saturated heterocycles. The average Bonchev–Trinajstić information content (AvgIpc) is 2.78. The van der Waals surface area contributed by atoms with Crippen LogP contribution in [0.25, 0.3) is 0 Å². The number of rotatable bonds is 26. The van der Waals surface area contributed by atoms with Crippen molar-refractivity contribution in [2.75, 3.05) is 39.5 Å². The number of carbonyl (C=O) groups is 1. The molecule has 184 valence electrons. The van der Waals surface area contributed by atoms with Crippen LogP contribution in [0.1, 0.15) is 116 Å². The molecule has 0 heterocycles. The van der Waals surface area contributed by atoms with Gasteiger partial charge in [-0.15, -0.1) is 0 Å². The summed E-state index contributed by atoms with van der Waals surface area (Å²) in [6.07, 6.45) is 22.0. The maximum atomic E-state index is 11.2. The molecule has 0 radical (unpaired) electrons. The van der Waals surface area contributed by atoms with Gasteiger partial charge < -0.3 is 14.7 Å². The molecule has 1 N–H and O–H groups in total. The smallest absolute Gasteiger partial charge is 0.155 e. The predicted octanol–water partition coefficient (Wildman–Crippen LogP) is 6.70. The second-order valence-electron chi connectivity index (χ2n) is 8.90. The van der Waals surface area contributed by atoms with E-state index >= 15 is 0 Å². The highest BCUT2D eigenvalue weighted by molar-refractivity contribution is 5.88. The van der Waals surface area contributed by atoms with Crippen molar-refractivity contribution in [3.63, 3.8) is 0 Å². The summed E-state index contributed by atoms with van der Waals surface area (Å²) in [6, 6.07) is 0. The van der Waals surface area contributed by atoms with E-state index in [1.807, 2.05) is 0 Å². The molecule has 0 fully saturated rings. The monoisotopic (exact) mass is 439 g/mol. The molecule has 0 aliphatic carbocycles. The number of allylic oxidation sites excluding steroid dienone is 1. The second-order valence-corrected chi connectivity index (χ2v) is 8.90. The maximum absolute atomic E-state index is 11.2. The molecule has 31 heavy (non-hydrogen) atoms. The molecule has 0 aliphatic heterocycles. The lowest BCUT2D eigenvalue weighted by atomic mass is 10.1. The Balaban J connectivity index is 3.42. The van der Waals surface area contributed by atoms with E-state index in [4.69, 9.17) is 4.74 Å². The van der Waals surface area contributed by atoms with Crippen LogP contribution in [0.15, 0.2) is 12.7 Å². The van der Waals surface area contributed by atoms with Gasteiger partial charge in [-0.1, -0.05) is 84.1 Å². The van der Waals surface area contributed by atoms with Crippen LogP contribution in [0.2, 0.25) is 0 Å². The van der Waals surface area contributed by atoms with Crippen LogP contribution in [0.4, 0.5) is 0 Å². The number of ketones is 1. The summed E-state index contributed by atoms with van der Waals surface area (Å²) in [4.78, 5) is 13.6. The summed E-state index contributed by atoms with van der Waals surface area (Å²) in [6.45, 7) is 10.9. The van der Waals surface area contributed by atoms with E-state index in [-0.39, 0.29) is 12.4 Å². The van der Waals surface area contributed by atoms with Gasteiger partial charge in [0.15, 0.2) is 5.78 Å². The zero-order valence-corrected chi connectivity index (χ0v) is 20.8. The molecule has 0 aliphatic rings. The third-order valence-corrected chi connectivity index (χ3v) is 5.95. The normalized spacial score (nSPS) is 11.3. The van der Waals surface area contributed by atoms with Crippen molar-refractivity contribution in [2.45, 2.75) is 116 Å². The molecule has 0 aromatic rings. The highest BCUT2D eigenvalue weighted by atomic mass is 16.5. The van der Waals surface area contributed by atoms with Gasteiger partial charge in [0, 0.05) is 26.2 Å². The standard InChI is InChI=1S/C27H53NO3/c1-3-5-6-7-13-18-25-31-26-19-14-9-12-17-22-28(23-24-29)21-16-11-8-10-15-20-27(30)4-2/h4,29H,2-3,5-26H2,1H3. The third kappa shape index (κ3) is 23.8. The minimum atomic E-state index is 0.162. The van der Waals surface area contributed by atoms with Crippen molar-refractivity contribution in [1.82, 2.24) is 4.90 Å². The Morgan fingerprint density at radius 2 is 1.23 bits per heavy atom. The molecule has 0 aromatic heterocycles. The first-order valence-electron chi connectivity index (χ1n) is 13.3. The van der Waals surface area contributed by atoms with Crippen LogP contribution in [0.5, 0.6) is 0 Å². The number of aliphatic hydroxyl groups excluding tert-OH is 1. The van der Waals surface area contributed by atoms with E-state index in [9.17, 15) is 9.90 Å². The molecular formula is C27H53NO3. The van der Waals surface area contributed by atoms with Crippen molar-refractivity contribution >= 4 is 5.78 Å². The van der Waals surface area contributed by atoms with Crippen molar-refractivity contribution < 1.29 is 14.6 Å². The highest BCUT2D eigenvalue weighted by Gasteiger charge is 2.04. The van der Waals surface area contributed by atoms with Crippen LogP contribution in [-0.2, 0) is 9.53 Å². The largest absolute Gasteiger partial charge is 0.395 e. The van der Waals surface area contributed by atoms with Gasteiger partial charge in [-0.3, -0.25) is 4.79 Å². The fourth-order valence-corrected chi connectivity index (χ4v) is 3.90.